The lowest BCUT2D eigenvalue weighted by Crippen LogP contribution is -2.33. The predicted octanol–water partition coefficient (Wildman–Crippen LogP) is 19.5. The summed E-state index contributed by atoms with van der Waals surface area (Å²) in [5.41, 5.74) is 13.7. The Morgan fingerprint density at radius 2 is 0.948 bits per heavy atom. The van der Waals surface area contributed by atoms with Crippen molar-refractivity contribution in [1.82, 2.24) is 8.97 Å². The summed E-state index contributed by atoms with van der Waals surface area (Å²) in [6, 6.07) is 73.9. The fraction of sp³-hybridized carbons (Fsp3) is 0.0143. The molecular formula is C70H37N3O3P+. The van der Waals surface area contributed by atoms with Crippen LogP contribution in [0.25, 0.3) is 164 Å². The second-order valence-corrected chi connectivity index (χ2v) is 23.4. The Labute approximate surface area is 436 Å². The standard InChI is InChI=1S/C70H37N3O3P/c1-4-13-40-32-61-47(28-37(40)10-1)49-35-44(22-25-58(49)74-61)71-53-18-8-20-55-68(53)77-69-54(71)19-9-21-56(69)73-52-24-27-60-66(51-30-39-12-3-6-15-42(39)34-63(51)76-60)65(52)46-17-7-16-43-31-57(70(77)67(73)64(43)46)72(55)45-23-26-59-50(36-45)48-29-38-11-2-5-14-41(38)33-62(48)75-59/h1-36,54H/q+1. The third-order valence-corrected chi connectivity index (χ3v) is 20.3. The molecule has 2 aliphatic rings. The number of rotatable bonds is 2. The average molecular weight is 999 g/mol. The van der Waals surface area contributed by atoms with Gasteiger partial charge in [-0.25, -0.2) is 0 Å². The van der Waals surface area contributed by atoms with Gasteiger partial charge < -0.3 is 27.1 Å². The normalized spacial score (nSPS) is 14.9. The summed E-state index contributed by atoms with van der Waals surface area (Å²) in [5.74, 6) is 0. The second kappa shape index (κ2) is 13.7. The van der Waals surface area contributed by atoms with E-state index < -0.39 is 7.34 Å². The number of pyridine rings is 1. The summed E-state index contributed by atoms with van der Waals surface area (Å²) in [5, 5.41) is 24.3. The fourth-order valence-corrected chi connectivity index (χ4v) is 17.6. The number of fused-ring (bicyclic) bond motifs is 17. The summed E-state index contributed by atoms with van der Waals surface area (Å²) in [4.78, 5) is 2.62. The molecule has 2 atom stereocenters. The Kier molecular flexibility index (Phi) is 7.04. The molecule has 1 aliphatic carbocycles. The first-order valence-electron chi connectivity index (χ1n) is 26.4. The molecule has 7 heteroatoms. The van der Waals surface area contributed by atoms with Crippen LogP contribution in [0.4, 0.5) is 11.4 Å². The minimum atomic E-state index is -1.07. The second-order valence-electron chi connectivity index (χ2n) is 21.4. The molecule has 0 radical (unpaired) electrons. The van der Waals surface area contributed by atoms with Crippen molar-refractivity contribution in [3.63, 3.8) is 0 Å². The maximum atomic E-state index is 6.85. The van der Waals surface area contributed by atoms with E-state index in [0.717, 1.165) is 77.2 Å². The minimum Gasteiger partial charge on any atom is -0.456 e. The zero-order valence-corrected chi connectivity index (χ0v) is 41.8. The molecule has 0 saturated heterocycles. The number of anilines is 2. The lowest BCUT2D eigenvalue weighted by atomic mass is 9.95. The number of aromatic nitrogens is 2. The van der Waals surface area contributed by atoms with Gasteiger partial charge in [0.2, 0.25) is 10.2 Å². The molecule has 18 aromatic rings. The van der Waals surface area contributed by atoms with Crippen molar-refractivity contribution in [3.8, 4) is 5.69 Å². The van der Waals surface area contributed by atoms with E-state index in [1.54, 1.807) is 0 Å². The molecule has 2 unspecified atom stereocenters. The fourth-order valence-electron chi connectivity index (χ4n) is 14.3. The van der Waals surface area contributed by atoms with Crippen LogP contribution in [0.1, 0.15) is 11.3 Å². The molecule has 0 amide bonds. The van der Waals surface area contributed by atoms with Gasteiger partial charge in [-0.1, -0.05) is 109 Å². The van der Waals surface area contributed by atoms with Gasteiger partial charge in [0.25, 0.3) is 0 Å². The van der Waals surface area contributed by atoms with E-state index in [1.165, 1.54) is 102 Å². The SMILES string of the molecule is C1=CC2c3c(n4c5ccc6oc7cc8ccccc8cc7c6c5c5cccc6cc7c(c4c65)[p+]3c3c(cccc3n7-c3ccc4oc5cc6ccccc6cc5c4c3)N2c2ccc3oc4cc5ccccc5cc4c3c2)=C1. The van der Waals surface area contributed by atoms with Crippen molar-refractivity contribution in [2.24, 2.45) is 0 Å². The van der Waals surface area contributed by atoms with Gasteiger partial charge in [-0.05, 0) is 152 Å². The first-order valence-corrected chi connectivity index (χ1v) is 27.8. The van der Waals surface area contributed by atoms with Crippen molar-refractivity contribution < 1.29 is 13.3 Å². The van der Waals surface area contributed by atoms with E-state index in [0.29, 0.717) is 0 Å². The van der Waals surface area contributed by atoms with Crippen LogP contribution >= 0.6 is 7.34 Å². The number of hydrogen-bond donors (Lipinski definition) is 0. The summed E-state index contributed by atoms with van der Waals surface area (Å²) in [6.45, 7) is 0. The molecule has 20 rings (SSSR count). The van der Waals surface area contributed by atoms with Crippen LogP contribution in [-0.4, -0.2) is 8.97 Å². The molecule has 0 saturated carbocycles. The van der Waals surface area contributed by atoms with Crippen LogP contribution in [0.2, 0.25) is 0 Å². The Morgan fingerprint density at radius 1 is 0.377 bits per heavy atom. The maximum absolute atomic E-state index is 6.85. The smallest absolute Gasteiger partial charge is 0.203 e. The molecule has 0 N–H and O–H groups in total. The van der Waals surface area contributed by atoms with Gasteiger partial charge in [-0.2, -0.15) is 0 Å². The van der Waals surface area contributed by atoms with Gasteiger partial charge >= 0.3 is 0 Å². The first-order chi connectivity index (χ1) is 38.1. The van der Waals surface area contributed by atoms with E-state index in [1.807, 2.05) is 0 Å². The Balaban J connectivity index is 0.970. The number of allylic oxidation sites excluding steroid dienone is 1. The van der Waals surface area contributed by atoms with Crippen molar-refractivity contribution >= 4 is 177 Å². The number of benzene rings is 12. The monoisotopic (exact) mass is 998 g/mol. The van der Waals surface area contributed by atoms with Crippen LogP contribution in [-0.2, 0) is 0 Å². The largest absolute Gasteiger partial charge is 0.456 e. The number of nitrogens with zero attached hydrogens (tertiary/aromatic N) is 3. The highest BCUT2D eigenvalue weighted by molar-refractivity contribution is 7.59. The lowest BCUT2D eigenvalue weighted by molar-refractivity contribution is 0.669. The van der Waals surface area contributed by atoms with Gasteiger partial charge in [0.15, 0.2) is 12.6 Å². The summed E-state index contributed by atoms with van der Waals surface area (Å²) >= 11 is 0. The topological polar surface area (TPSA) is 52.0 Å². The highest BCUT2D eigenvalue weighted by atomic mass is 31.1. The van der Waals surface area contributed by atoms with E-state index in [2.05, 4.69) is 232 Å². The van der Waals surface area contributed by atoms with E-state index in [4.69, 9.17) is 13.3 Å². The quantitative estimate of drug-likeness (QED) is 0.128. The zero-order valence-electron chi connectivity index (χ0n) is 40.9. The Morgan fingerprint density at radius 3 is 1.65 bits per heavy atom. The molecule has 77 heavy (non-hydrogen) atoms. The Bertz CT molecular complexity index is 5920. The van der Waals surface area contributed by atoms with Crippen molar-refractivity contribution in [3.05, 3.63) is 223 Å². The van der Waals surface area contributed by atoms with Gasteiger partial charge in [0, 0.05) is 54.5 Å². The van der Waals surface area contributed by atoms with E-state index in [9.17, 15) is 0 Å². The van der Waals surface area contributed by atoms with Crippen LogP contribution in [0.5, 0.6) is 0 Å². The molecule has 0 spiro atoms. The van der Waals surface area contributed by atoms with Gasteiger partial charge in [0.1, 0.15) is 45.1 Å². The van der Waals surface area contributed by atoms with E-state index >= 15 is 0 Å². The zero-order chi connectivity index (χ0) is 49.5. The van der Waals surface area contributed by atoms with Crippen LogP contribution in [0, 0.1) is 0 Å². The molecule has 6 nitrogen and oxygen atoms in total. The molecule has 0 bridgehead atoms. The van der Waals surface area contributed by atoms with Crippen LogP contribution < -0.4 is 10.2 Å². The highest BCUT2D eigenvalue weighted by Crippen LogP contribution is 2.61. The average Bonchev–Trinajstić information content (AvgIpc) is 4.30. The first kappa shape index (κ1) is 39.6. The van der Waals surface area contributed by atoms with Gasteiger partial charge in [-0.3, -0.25) is 0 Å². The van der Waals surface area contributed by atoms with Crippen molar-refractivity contribution in [1.29, 1.82) is 0 Å². The Hall–Kier alpha value is -9.87. The predicted molar refractivity (Wildman–Crippen MR) is 321 cm³/mol. The molecule has 1 aliphatic heterocycles. The lowest BCUT2D eigenvalue weighted by Gasteiger charge is -2.35. The number of furan rings is 3. The molecule has 354 valence electrons. The summed E-state index contributed by atoms with van der Waals surface area (Å²) in [6.07, 6.45) is 7.15. The number of hydrogen-bond acceptors (Lipinski definition) is 4. The molecule has 12 aromatic carbocycles. The van der Waals surface area contributed by atoms with Gasteiger partial charge in [0.05, 0.1) is 27.6 Å². The molecule has 6 aromatic heterocycles. The summed E-state index contributed by atoms with van der Waals surface area (Å²) < 4.78 is 25.4. The molecule has 7 heterocycles. The maximum Gasteiger partial charge on any atom is 0.203 e. The molecular weight excluding hydrogens is 962 g/mol. The third-order valence-electron chi connectivity index (χ3n) is 17.5. The van der Waals surface area contributed by atoms with E-state index in [-0.39, 0.29) is 6.04 Å². The van der Waals surface area contributed by atoms with Crippen molar-refractivity contribution in [2.75, 3.05) is 4.90 Å². The van der Waals surface area contributed by atoms with Crippen LogP contribution in [0.15, 0.2) is 226 Å². The summed E-state index contributed by atoms with van der Waals surface area (Å²) in [7, 11) is -1.07. The van der Waals surface area contributed by atoms with Crippen LogP contribution in [0.3, 0.4) is 0 Å². The van der Waals surface area contributed by atoms with Crippen molar-refractivity contribution in [2.45, 2.75) is 6.04 Å². The third kappa shape index (κ3) is 4.88. The minimum absolute atomic E-state index is 0.0718. The molecule has 0 fully saturated rings. The van der Waals surface area contributed by atoms with Gasteiger partial charge in [-0.15, -0.1) is 0 Å². The highest BCUT2D eigenvalue weighted by Gasteiger charge is 2.43.